The Labute approximate surface area is 200 Å². The quantitative estimate of drug-likeness (QED) is 0.385. The molecule has 9 heteroatoms. The van der Waals surface area contributed by atoms with Crippen LogP contribution in [-0.2, 0) is 13.0 Å². The molecule has 0 aliphatic carbocycles. The molecule has 4 aromatic heterocycles. The topological polar surface area (TPSA) is 77.1 Å². The van der Waals surface area contributed by atoms with Crippen molar-refractivity contribution in [3.8, 4) is 11.5 Å². The van der Waals surface area contributed by atoms with Gasteiger partial charge in [-0.3, -0.25) is 14.2 Å². The highest BCUT2D eigenvalue weighted by Gasteiger charge is 2.20. The molecule has 1 N–H and O–H groups in total. The van der Waals surface area contributed by atoms with Crippen molar-refractivity contribution in [1.29, 1.82) is 0 Å². The van der Waals surface area contributed by atoms with E-state index in [0.717, 1.165) is 11.8 Å². The van der Waals surface area contributed by atoms with E-state index in [0.29, 0.717) is 47.1 Å². The fourth-order valence-electron chi connectivity index (χ4n) is 3.93. The lowest BCUT2D eigenvalue weighted by Crippen LogP contribution is -2.26. The van der Waals surface area contributed by atoms with Crippen molar-refractivity contribution in [3.63, 3.8) is 0 Å². The molecule has 0 fully saturated rings. The second kappa shape index (κ2) is 9.46. The van der Waals surface area contributed by atoms with E-state index < -0.39 is 11.6 Å². The highest BCUT2D eigenvalue weighted by molar-refractivity contribution is 5.99. The lowest BCUT2D eigenvalue weighted by Gasteiger charge is -2.06. The van der Waals surface area contributed by atoms with Gasteiger partial charge in [0.1, 0.15) is 23.2 Å². The highest BCUT2D eigenvalue weighted by atomic mass is 19.1. The van der Waals surface area contributed by atoms with E-state index in [1.54, 1.807) is 28.3 Å². The minimum Gasteiger partial charge on any atom is -0.350 e. The number of carbonyl (C=O) groups is 1. The minimum absolute atomic E-state index is 0.190. The summed E-state index contributed by atoms with van der Waals surface area (Å²) in [5.74, 6) is -0.394. The van der Waals surface area contributed by atoms with Crippen molar-refractivity contribution in [1.82, 2.24) is 29.2 Å². The third kappa shape index (κ3) is 4.65. The van der Waals surface area contributed by atoms with Gasteiger partial charge in [0.2, 0.25) is 0 Å². The zero-order valence-corrected chi connectivity index (χ0v) is 18.9. The first-order chi connectivity index (χ1) is 17.0. The second-order valence-corrected chi connectivity index (χ2v) is 8.10. The summed E-state index contributed by atoms with van der Waals surface area (Å²) in [6.07, 6.45) is 5.89. The van der Waals surface area contributed by atoms with Gasteiger partial charge in [0, 0.05) is 48.9 Å². The third-order valence-electron chi connectivity index (χ3n) is 5.72. The molecular weight excluding hydrogens is 450 g/mol. The first-order valence-electron chi connectivity index (χ1n) is 11.1. The molecule has 35 heavy (non-hydrogen) atoms. The summed E-state index contributed by atoms with van der Waals surface area (Å²) < 4.78 is 31.0. The number of carbonyl (C=O) groups excluding carboxylic acids is 1. The zero-order valence-electron chi connectivity index (χ0n) is 18.9. The van der Waals surface area contributed by atoms with Crippen LogP contribution in [0.4, 0.5) is 8.78 Å². The molecule has 0 unspecified atom stereocenters. The van der Waals surface area contributed by atoms with Gasteiger partial charge >= 0.3 is 0 Å². The van der Waals surface area contributed by atoms with Crippen LogP contribution in [0.1, 0.15) is 27.6 Å². The molecule has 0 bridgehead atoms. The van der Waals surface area contributed by atoms with Crippen molar-refractivity contribution < 1.29 is 13.6 Å². The molecule has 0 atom stereocenters. The molecule has 0 radical (unpaired) electrons. The molecule has 176 valence electrons. The number of imidazole rings is 2. The second-order valence-electron chi connectivity index (χ2n) is 8.10. The third-order valence-corrected chi connectivity index (χ3v) is 5.72. The number of hydrogen-bond acceptors (Lipinski definition) is 4. The van der Waals surface area contributed by atoms with E-state index in [4.69, 9.17) is 0 Å². The molecule has 0 aliphatic heterocycles. The fraction of sp³-hybridized carbons (Fsp3) is 0.154. The van der Waals surface area contributed by atoms with Crippen LogP contribution in [-0.4, -0.2) is 36.4 Å². The van der Waals surface area contributed by atoms with Crippen LogP contribution in [0.15, 0.2) is 73.2 Å². The number of fused-ring (bicyclic) bond motifs is 1. The Morgan fingerprint density at radius 2 is 1.91 bits per heavy atom. The zero-order chi connectivity index (χ0) is 24.4. The van der Waals surface area contributed by atoms with Crippen molar-refractivity contribution in [2.75, 3.05) is 6.54 Å². The Kier molecular flexibility index (Phi) is 6.05. The SMILES string of the molecule is Cc1nc(-c2nc(C(=O)NCCc3ccccn3)c3ccccn23)cn1Cc1ccc(F)cc1F. The monoisotopic (exact) mass is 472 g/mol. The van der Waals surface area contributed by atoms with Gasteiger partial charge in [-0.05, 0) is 37.3 Å². The normalized spacial score (nSPS) is 11.2. The molecule has 4 heterocycles. The molecule has 5 aromatic rings. The van der Waals surface area contributed by atoms with Crippen LogP contribution in [0.3, 0.4) is 0 Å². The molecule has 0 saturated heterocycles. The summed E-state index contributed by atoms with van der Waals surface area (Å²) in [5.41, 5.74) is 2.72. The predicted molar refractivity (Wildman–Crippen MR) is 127 cm³/mol. The van der Waals surface area contributed by atoms with E-state index >= 15 is 0 Å². The lowest BCUT2D eigenvalue weighted by atomic mass is 10.2. The Bertz CT molecular complexity index is 1510. The first kappa shape index (κ1) is 22.4. The van der Waals surface area contributed by atoms with Gasteiger partial charge in [0.25, 0.3) is 5.91 Å². The molecule has 0 saturated carbocycles. The van der Waals surface area contributed by atoms with E-state index in [2.05, 4.69) is 20.3 Å². The number of rotatable bonds is 7. The van der Waals surface area contributed by atoms with Gasteiger partial charge in [-0.2, -0.15) is 0 Å². The molecule has 1 aromatic carbocycles. The van der Waals surface area contributed by atoms with Gasteiger partial charge in [0.05, 0.1) is 12.1 Å². The highest BCUT2D eigenvalue weighted by Crippen LogP contribution is 2.23. The average Bonchev–Trinajstić information content (AvgIpc) is 3.42. The lowest BCUT2D eigenvalue weighted by molar-refractivity contribution is 0.0951. The molecule has 0 spiro atoms. The number of halogens is 2. The van der Waals surface area contributed by atoms with Crippen molar-refractivity contribution in [2.24, 2.45) is 0 Å². The first-order valence-corrected chi connectivity index (χ1v) is 11.1. The molecule has 5 rings (SSSR count). The number of nitrogens with zero attached hydrogens (tertiary/aromatic N) is 5. The summed E-state index contributed by atoms with van der Waals surface area (Å²) in [5, 5.41) is 2.91. The van der Waals surface area contributed by atoms with Gasteiger partial charge in [-0.1, -0.05) is 18.2 Å². The number of hydrogen-bond donors (Lipinski definition) is 1. The van der Waals surface area contributed by atoms with Crippen molar-refractivity contribution in [2.45, 2.75) is 19.9 Å². The molecule has 0 aliphatic rings. The predicted octanol–water partition coefficient (Wildman–Crippen LogP) is 4.20. The van der Waals surface area contributed by atoms with Crippen molar-refractivity contribution in [3.05, 3.63) is 108 Å². The van der Waals surface area contributed by atoms with Crippen LogP contribution >= 0.6 is 0 Å². The molecular formula is C26H22F2N6O. The number of aryl methyl sites for hydroxylation is 1. The minimum atomic E-state index is -0.621. The summed E-state index contributed by atoms with van der Waals surface area (Å²) in [7, 11) is 0. The van der Waals surface area contributed by atoms with Crippen LogP contribution in [0.5, 0.6) is 0 Å². The van der Waals surface area contributed by atoms with Gasteiger partial charge in [-0.25, -0.2) is 18.7 Å². The van der Waals surface area contributed by atoms with E-state index in [1.165, 1.54) is 12.1 Å². The summed E-state index contributed by atoms with van der Waals surface area (Å²) in [4.78, 5) is 26.4. The van der Waals surface area contributed by atoms with Gasteiger partial charge < -0.3 is 9.88 Å². The number of benzene rings is 1. The smallest absolute Gasteiger partial charge is 0.272 e. The maximum Gasteiger partial charge on any atom is 0.272 e. The van der Waals surface area contributed by atoms with E-state index in [1.807, 2.05) is 42.6 Å². The Hall–Kier alpha value is -4.40. The summed E-state index contributed by atoms with van der Waals surface area (Å²) >= 11 is 0. The number of amides is 1. The van der Waals surface area contributed by atoms with E-state index in [9.17, 15) is 13.6 Å². The molecule has 1 amide bonds. The Morgan fingerprint density at radius 1 is 1.06 bits per heavy atom. The Morgan fingerprint density at radius 3 is 2.71 bits per heavy atom. The summed E-state index contributed by atoms with van der Waals surface area (Å²) in [6.45, 7) is 2.41. The van der Waals surface area contributed by atoms with Crippen LogP contribution in [0.25, 0.3) is 17.0 Å². The number of aromatic nitrogens is 5. The maximum atomic E-state index is 14.2. The van der Waals surface area contributed by atoms with Gasteiger partial charge in [0.15, 0.2) is 11.5 Å². The Balaban J connectivity index is 1.41. The number of nitrogens with one attached hydrogen (secondary N) is 1. The van der Waals surface area contributed by atoms with Crippen LogP contribution in [0, 0.1) is 18.6 Å². The maximum absolute atomic E-state index is 14.2. The average molecular weight is 472 g/mol. The standard InChI is InChI=1S/C26H22F2N6O/c1-17-31-22(16-33(17)15-18-8-9-19(27)14-21(18)28)25-32-24(23-7-3-5-13-34(23)25)26(35)30-12-10-20-6-2-4-11-29-20/h2-9,11,13-14,16H,10,12,15H2,1H3,(H,30,35). The van der Waals surface area contributed by atoms with E-state index in [-0.39, 0.29) is 12.5 Å². The van der Waals surface area contributed by atoms with Crippen molar-refractivity contribution >= 4 is 11.4 Å². The molecule has 7 nitrogen and oxygen atoms in total. The van der Waals surface area contributed by atoms with Crippen LogP contribution in [0.2, 0.25) is 0 Å². The number of pyridine rings is 2. The fourth-order valence-corrected chi connectivity index (χ4v) is 3.93. The van der Waals surface area contributed by atoms with Crippen LogP contribution < -0.4 is 5.32 Å². The summed E-state index contributed by atoms with van der Waals surface area (Å²) in [6, 6.07) is 14.7. The largest absolute Gasteiger partial charge is 0.350 e. The van der Waals surface area contributed by atoms with Gasteiger partial charge in [-0.15, -0.1) is 0 Å².